The summed E-state index contributed by atoms with van der Waals surface area (Å²) in [7, 11) is 0. The lowest BCUT2D eigenvalue weighted by atomic mass is 9.77. The fourth-order valence-electron chi connectivity index (χ4n) is 5.95. The third-order valence-corrected chi connectivity index (χ3v) is 8.13. The van der Waals surface area contributed by atoms with Gasteiger partial charge in [0.25, 0.3) is 0 Å². The summed E-state index contributed by atoms with van der Waals surface area (Å²) in [5, 5.41) is 16.8. The van der Waals surface area contributed by atoms with Gasteiger partial charge in [-0.25, -0.2) is 18.6 Å². The minimum Gasteiger partial charge on any atom is -0.384 e. The Balaban J connectivity index is 1.37. The zero-order valence-corrected chi connectivity index (χ0v) is 20.7. The highest BCUT2D eigenvalue weighted by atomic mass is 19.2. The van der Waals surface area contributed by atoms with Gasteiger partial charge in [0.05, 0.1) is 23.3 Å². The Labute approximate surface area is 209 Å². The molecule has 2 fully saturated rings. The van der Waals surface area contributed by atoms with E-state index < -0.39 is 23.3 Å². The van der Waals surface area contributed by atoms with E-state index in [9.17, 15) is 23.5 Å². The first-order chi connectivity index (χ1) is 17.1. The Morgan fingerprint density at radius 3 is 2.64 bits per heavy atom. The summed E-state index contributed by atoms with van der Waals surface area (Å²) in [6.45, 7) is 5.28. The molecule has 1 aromatic carbocycles. The van der Waals surface area contributed by atoms with E-state index in [-0.39, 0.29) is 28.8 Å². The summed E-state index contributed by atoms with van der Waals surface area (Å²) in [5.41, 5.74) is -0.746. The number of benzene rings is 1. The Morgan fingerprint density at radius 1 is 1.22 bits per heavy atom. The number of likely N-dealkylation sites (tertiary alicyclic amines) is 1. The number of hydrogen-bond acceptors (Lipinski definition) is 4. The summed E-state index contributed by atoms with van der Waals surface area (Å²) >= 11 is 0. The van der Waals surface area contributed by atoms with Crippen LogP contribution in [0.2, 0.25) is 0 Å². The number of carbonyl (C=O) groups excluding carboxylic acids is 2. The van der Waals surface area contributed by atoms with Crippen molar-refractivity contribution in [1.29, 1.82) is 0 Å². The van der Waals surface area contributed by atoms with Crippen LogP contribution in [0.5, 0.6) is 0 Å². The molecule has 3 aliphatic rings. The molecule has 10 heteroatoms. The van der Waals surface area contributed by atoms with E-state index in [4.69, 9.17) is 0 Å². The number of aromatic nitrogens is 2. The van der Waals surface area contributed by atoms with Crippen LogP contribution in [0, 0.1) is 17.0 Å². The van der Waals surface area contributed by atoms with Crippen LogP contribution >= 0.6 is 0 Å². The van der Waals surface area contributed by atoms with E-state index in [2.05, 4.69) is 15.6 Å². The molecule has 1 aromatic heterocycles. The van der Waals surface area contributed by atoms with Crippen LogP contribution < -0.4 is 10.6 Å². The van der Waals surface area contributed by atoms with Crippen molar-refractivity contribution in [3.63, 3.8) is 0 Å². The molecule has 3 amide bonds. The van der Waals surface area contributed by atoms with Gasteiger partial charge in [-0.15, -0.1) is 0 Å². The predicted octanol–water partition coefficient (Wildman–Crippen LogP) is 3.32. The monoisotopic (exact) mass is 501 g/mol. The van der Waals surface area contributed by atoms with Gasteiger partial charge < -0.3 is 25.2 Å². The molecule has 2 atom stereocenters. The van der Waals surface area contributed by atoms with Gasteiger partial charge in [0.2, 0.25) is 5.91 Å². The summed E-state index contributed by atoms with van der Waals surface area (Å²) in [4.78, 5) is 31.8. The first-order valence-electron chi connectivity index (χ1n) is 12.6. The number of rotatable bonds is 3. The number of aliphatic hydroxyl groups is 1. The molecule has 4 heterocycles. The van der Waals surface area contributed by atoms with Gasteiger partial charge in [0, 0.05) is 32.1 Å². The zero-order chi connectivity index (χ0) is 25.7. The van der Waals surface area contributed by atoms with E-state index in [0.29, 0.717) is 63.4 Å². The van der Waals surface area contributed by atoms with Gasteiger partial charge in [-0.3, -0.25) is 4.79 Å². The lowest BCUT2D eigenvalue weighted by molar-refractivity contribution is -0.129. The number of carbonyl (C=O) groups is 2. The first-order valence-corrected chi connectivity index (χ1v) is 12.6. The number of halogens is 2. The number of nitrogens with zero attached hydrogens (tertiary/aromatic N) is 3. The maximum atomic E-state index is 14.7. The molecule has 3 N–H and O–H groups in total. The molecule has 8 nitrogen and oxygen atoms in total. The lowest BCUT2D eigenvalue weighted by Crippen LogP contribution is -2.50. The smallest absolute Gasteiger partial charge is 0.317 e. The molecule has 0 unspecified atom stereocenters. The average molecular weight is 502 g/mol. The number of fused-ring (bicyclic) bond motifs is 1. The summed E-state index contributed by atoms with van der Waals surface area (Å²) in [6.07, 6.45) is 4.64. The minimum atomic E-state index is -1.21. The van der Waals surface area contributed by atoms with Crippen LogP contribution in [0.1, 0.15) is 75.0 Å². The number of urea groups is 1. The van der Waals surface area contributed by atoms with Crippen LogP contribution in [0.3, 0.4) is 0 Å². The molecular weight excluding hydrogens is 468 g/mol. The topological polar surface area (TPSA) is 99.5 Å². The van der Waals surface area contributed by atoms with Gasteiger partial charge >= 0.3 is 6.03 Å². The first kappa shape index (κ1) is 24.7. The van der Waals surface area contributed by atoms with Crippen LogP contribution in [0.4, 0.5) is 13.6 Å². The average Bonchev–Trinajstić information content (AvgIpc) is 3.36. The molecule has 36 heavy (non-hydrogen) atoms. The summed E-state index contributed by atoms with van der Waals surface area (Å²) < 4.78 is 30.5. The standard InChI is InChI=1S/C26H33F2N5O3/c1-25(2,36)20-14-30-22-19(7-6-16(15-33(20)22)17-4-3-5-18(27)21(17)28)31-24(35)32-12-9-26(10-13-32)8-11-29-23(26)34/h3-5,14,16,19,36H,6-13,15H2,1-2H3,(H,29,34)(H,31,35)/t16-,19-/m1/s1. The fourth-order valence-corrected chi connectivity index (χ4v) is 5.95. The van der Waals surface area contributed by atoms with Crippen molar-refractivity contribution in [1.82, 2.24) is 25.1 Å². The molecule has 0 radical (unpaired) electrons. The van der Waals surface area contributed by atoms with Crippen LogP contribution in [0.25, 0.3) is 0 Å². The van der Waals surface area contributed by atoms with E-state index in [1.807, 2.05) is 4.57 Å². The SMILES string of the molecule is CC(C)(O)c1cnc2n1C[C@H](c1cccc(F)c1F)CC[C@H]2NC(=O)N1CCC2(CCNC2=O)CC1. The van der Waals surface area contributed by atoms with Crippen molar-refractivity contribution in [2.45, 2.75) is 70.1 Å². The summed E-state index contributed by atoms with van der Waals surface area (Å²) in [5.74, 6) is -1.44. The fraction of sp³-hybridized carbons (Fsp3) is 0.577. The highest BCUT2D eigenvalue weighted by molar-refractivity contribution is 5.85. The number of amides is 3. The highest BCUT2D eigenvalue weighted by Gasteiger charge is 2.45. The van der Waals surface area contributed by atoms with Crippen molar-refractivity contribution >= 4 is 11.9 Å². The van der Waals surface area contributed by atoms with E-state index in [0.717, 1.165) is 12.5 Å². The Morgan fingerprint density at radius 2 is 1.97 bits per heavy atom. The molecular formula is C26H33F2N5O3. The molecule has 0 bridgehead atoms. The largest absolute Gasteiger partial charge is 0.384 e. The maximum Gasteiger partial charge on any atom is 0.317 e. The Hall–Kier alpha value is -3.01. The van der Waals surface area contributed by atoms with Gasteiger partial charge in [-0.1, -0.05) is 12.1 Å². The second-order valence-electron chi connectivity index (χ2n) is 10.9. The lowest BCUT2D eigenvalue weighted by Gasteiger charge is -2.37. The highest BCUT2D eigenvalue weighted by Crippen LogP contribution is 2.39. The second-order valence-corrected chi connectivity index (χ2v) is 10.9. The van der Waals surface area contributed by atoms with Gasteiger partial charge in [0.15, 0.2) is 11.6 Å². The molecule has 5 rings (SSSR count). The third kappa shape index (κ3) is 4.36. The van der Waals surface area contributed by atoms with Gasteiger partial charge in [-0.05, 0) is 57.6 Å². The Kier molecular flexibility index (Phi) is 6.26. The van der Waals surface area contributed by atoms with Crippen molar-refractivity contribution in [2.75, 3.05) is 19.6 Å². The van der Waals surface area contributed by atoms with E-state index in [1.165, 1.54) is 6.07 Å². The number of nitrogens with one attached hydrogen (secondary N) is 2. The number of imidazole rings is 1. The number of piperidine rings is 1. The van der Waals surface area contributed by atoms with E-state index >= 15 is 0 Å². The minimum absolute atomic E-state index is 0.0862. The molecule has 0 aliphatic carbocycles. The molecule has 0 saturated carbocycles. The zero-order valence-electron chi connectivity index (χ0n) is 20.7. The summed E-state index contributed by atoms with van der Waals surface area (Å²) in [6, 6.07) is 3.49. The van der Waals surface area contributed by atoms with Crippen molar-refractivity contribution < 1.29 is 23.5 Å². The van der Waals surface area contributed by atoms with Crippen molar-refractivity contribution in [3.8, 4) is 0 Å². The normalized spacial score (nSPS) is 23.8. The second kappa shape index (κ2) is 9.14. The molecule has 3 aliphatic heterocycles. The Bertz CT molecular complexity index is 1170. The van der Waals surface area contributed by atoms with Gasteiger partial charge in [0.1, 0.15) is 11.4 Å². The number of hydrogen-bond donors (Lipinski definition) is 3. The molecule has 2 saturated heterocycles. The molecule has 1 spiro atoms. The van der Waals surface area contributed by atoms with Crippen LogP contribution in [-0.2, 0) is 16.9 Å². The van der Waals surface area contributed by atoms with Crippen molar-refractivity contribution in [2.24, 2.45) is 5.41 Å². The van der Waals surface area contributed by atoms with Crippen molar-refractivity contribution in [3.05, 3.63) is 53.1 Å². The van der Waals surface area contributed by atoms with Gasteiger partial charge in [-0.2, -0.15) is 0 Å². The van der Waals surface area contributed by atoms with E-state index in [1.54, 1.807) is 31.0 Å². The maximum absolute atomic E-state index is 14.7. The molecule has 2 aromatic rings. The predicted molar refractivity (Wildman–Crippen MR) is 128 cm³/mol. The third-order valence-electron chi connectivity index (χ3n) is 8.13. The van der Waals surface area contributed by atoms with Crippen LogP contribution in [0.15, 0.2) is 24.4 Å². The quantitative estimate of drug-likeness (QED) is 0.601. The molecule has 194 valence electrons. The van der Waals surface area contributed by atoms with Crippen LogP contribution in [-0.4, -0.2) is 51.1 Å².